The van der Waals surface area contributed by atoms with Crippen LogP contribution in [0, 0.1) is 28.5 Å². The topological polar surface area (TPSA) is 107 Å². The van der Waals surface area contributed by atoms with E-state index in [1.165, 1.54) is 16.7 Å². The summed E-state index contributed by atoms with van der Waals surface area (Å²) in [6.07, 6.45) is 3.30. The highest BCUT2D eigenvalue weighted by molar-refractivity contribution is 5.92. The summed E-state index contributed by atoms with van der Waals surface area (Å²) in [6.45, 7) is 2.33. The summed E-state index contributed by atoms with van der Waals surface area (Å²) in [5.41, 5.74) is 2.33. The molecule has 0 N–H and O–H groups in total. The number of anilines is 2. The number of hydrogen-bond donors (Lipinski definition) is 0. The quantitative estimate of drug-likeness (QED) is 0.477. The number of pyridine rings is 2. The number of rotatable bonds is 6. The first-order valence-electron chi connectivity index (χ1n) is 13.2. The average Bonchev–Trinajstić information content (AvgIpc) is 2.98. The highest BCUT2D eigenvalue weighted by Gasteiger charge is 2.32. The maximum atomic E-state index is 13.7. The number of ether oxygens (including phenoxy) is 2. The summed E-state index contributed by atoms with van der Waals surface area (Å²) in [7, 11) is 3.51. The number of aromatic nitrogens is 2. The van der Waals surface area contributed by atoms with E-state index in [-0.39, 0.29) is 40.8 Å². The Balaban J connectivity index is 1.41. The Bertz CT molecular complexity index is 1480. The van der Waals surface area contributed by atoms with Crippen LogP contribution in [-0.2, 0) is 16.5 Å². The second-order valence-corrected chi connectivity index (χ2v) is 10.1. The third-order valence-electron chi connectivity index (χ3n) is 7.89. The van der Waals surface area contributed by atoms with Crippen LogP contribution in [0.15, 0.2) is 41.2 Å². The molecule has 9 nitrogen and oxygen atoms in total. The molecule has 5 rings (SSSR count). The zero-order valence-corrected chi connectivity index (χ0v) is 22.1. The highest BCUT2D eigenvalue weighted by Crippen LogP contribution is 2.35. The van der Waals surface area contributed by atoms with Crippen molar-refractivity contribution in [2.45, 2.75) is 43.9 Å². The van der Waals surface area contributed by atoms with Crippen LogP contribution in [0.5, 0.6) is 0 Å². The summed E-state index contributed by atoms with van der Waals surface area (Å²) in [5, 5.41) is 19.4. The molecular formula is C29H31FN6O3. The molecule has 1 unspecified atom stereocenters. The molecule has 39 heavy (non-hydrogen) atoms. The van der Waals surface area contributed by atoms with Gasteiger partial charge in [0.15, 0.2) is 0 Å². The van der Waals surface area contributed by atoms with Crippen molar-refractivity contribution in [3.05, 3.63) is 63.8 Å². The predicted molar refractivity (Wildman–Crippen MR) is 145 cm³/mol. The maximum Gasteiger partial charge on any atom is 0.270 e. The number of hydrogen-bond acceptors (Lipinski definition) is 8. The van der Waals surface area contributed by atoms with E-state index in [9.17, 15) is 19.7 Å². The molecular weight excluding hydrogens is 499 g/mol. The first-order chi connectivity index (χ1) is 18.9. The van der Waals surface area contributed by atoms with Gasteiger partial charge in [-0.3, -0.25) is 4.79 Å². The van der Waals surface area contributed by atoms with E-state index in [0.29, 0.717) is 43.1 Å². The third kappa shape index (κ3) is 5.31. The molecule has 1 aromatic carbocycles. The standard InChI is InChI=1S/C29H31FN6O3/c1-34(28-25(16-32)29(37)35(2)26-12-5-20(15-31)33-27(26)28)21-8-10-23(11-9-21)36(17-24-18-38-13-14-39-24)22-6-3-19(30)4-7-22/h3-7,12,21,23-24H,8-11,13-14,17-18H2,1-2H3. The number of nitrogens with zero attached hydrogens (tertiary/aromatic N) is 6. The summed E-state index contributed by atoms with van der Waals surface area (Å²) in [5.74, 6) is -0.274. The fraction of sp³-hybridized carbons (Fsp3) is 0.448. The lowest BCUT2D eigenvalue weighted by Gasteiger charge is -2.43. The fourth-order valence-corrected chi connectivity index (χ4v) is 5.80. The second kappa shape index (κ2) is 11.4. The summed E-state index contributed by atoms with van der Waals surface area (Å²) >= 11 is 0. The van der Waals surface area contributed by atoms with Gasteiger partial charge in [0.2, 0.25) is 0 Å². The number of benzene rings is 1. The van der Waals surface area contributed by atoms with E-state index in [0.717, 1.165) is 31.4 Å². The number of halogens is 1. The van der Waals surface area contributed by atoms with E-state index in [1.54, 1.807) is 31.3 Å². The molecule has 3 aromatic rings. The lowest BCUT2D eigenvalue weighted by atomic mass is 9.88. The van der Waals surface area contributed by atoms with Crippen molar-refractivity contribution in [3.8, 4) is 12.1 Å². The van der Waals surface area contributed by atoms with Gasteiger partial charge in [-0.15, -0.1) is 0 Å². The van der Waals surface area contributed by atoms with Crippen LogP contribution in [0.1, 0.15) is 36.9 Å². The van der Waals surface area contributed by atoms with E-state index < -0.39 is 0 Å². The zero-order chi connectivity index (χ0) is 27.5. The lowest BCUT2D eigenvalue weighted by molar-refractivity contribution is -0.0846. The van der Waals surface area contributed by atoms with Crippen LogP contribution >= 0.6 is 0 Å². The number of nitriles is 2. The molecule has 10 heteroatoms. The molecule has 2 fully saturated rings. The van der Waals surface area contributed by atoms with Crippen LogP contribution in [0.4, 0.5) is 15.8 Å². The molecule has 1 atom stereocenters. The molecule has 1 aliphatic carbocycles. The summed E-state index contributed by atoms with van der Waals surface area (Å²) in [4.78, 5) is 21.8. The van der Waals surface area contributed by atoms with Gasteiger partial charge in [0.25, 0.3) is 5.56 Å². The summed E-state index contributed by atoms with van der Waals surface area (Å²) in [6, 6.07) is 14.3. The van der Waals surface area contributed by atoms with E-state index >= 15 is 0 Å². The number of aryl methyl sites for hydroxylation is 1. The molecule has 2 aliphatic rings. The molecule has 3 heterocycles. The monoisotopic (exact) mass is 530 g/mol. The first-order valence-corrected chi connectivity index (χ1v) is 13.2. The Morgan fingerprint density at radius 2 is 1.77 bits per heavy atom. The van der Waals surface area contributed by atoms with Crippen LogP contribution in [0.25, 0.3) is 11.0 Å². The molecule has 202 valence electrons. The smallest absolute Gasteiger partial charge is 0.270 e. The number of fused-ring (bicyclic) bond motifs is 1. The van der Waals surface area contributed by atoms with E-state index in [2.05, 4.69) is 22.0 Å². The first kappa shape index (κ1) is 26.6. The van der Waals surface area contributed by atoms with Crippen molar-refractivity contribution in [1.82, 2.24) is 9.55 Å². The molecule has 1 aliphatic heterocycles. The Morgan fingerprint density at radius 1 is 1.05 bits per heavy atom. The maximum absolute atomic E-state index is 13.7. The van der Waals surface area contributed by atoms with Gasteiger partial charge in [-0.05, 0) is 62.1 Å². The molecule has 1 saturated heterocycles. The van der Waals surface area contributed by atoms with Gasteiger partial charge in [0.1, 0.15) is 34.7 Å². The largest absolute Gasteiger partial charge is 0.376 e. The van der Waals surface area contributed by atoms with Crippen LogP contribution in [0.3, 0.4) is 0 Å². The van der Waals surface area contributed by atoms with Gasteiger partial charge >= 0.3 is 0 Å². The van der Waals surface area contributed by atoms with E-state index in [1.807, 2.05) is 11.9 Å². The SMILES string of the molecule is CN(c1c(C#N)c(=O)n(C)c2ccc(C#N)nc12)C1CCC(N(CC2COCCO2)c2ccc(F)cc2)CC1. The van der Waals surface area contributed by atoms with Gasteiger partial charge in [0.05, 0.1) is 37.1 Å². The van der Waals surface area contributed by atoms with Crippen molar-refractivity contribution >= 4 is 22.4 Å². The molecule has 0 radical (unpaired) electrons. The molecule has 0 amide bonds. The van der Waals surface area contributed by atoms with Gasteiger partial charge in [-0.25, -0.2) is 9.37 Å². The van der Waals surface area contributed by atoms with Crippen molar-refractivity contribution in [2.24, 2.45) is 7.05 Å². The highest BCUT2D eigenvalue weighted by atomic mass is 19.1. The van der Waals surface area contributed by atoms with Crippen LogP contribution in [-0.4, -0.2) is 61.2 Å². The fourth-order valence-electron chi connectivity index (χ4n) is 5.80. The molecule has 2 aromatic heterocycles. The van der Waals surface area contributed by atoms with Gasteiger partial charge in [-0.2, -0.15) is 10.5 Å². The summed E-state index contributed by atoms with van der Waals surface area (Å²) < 4.78 is 26.6. The van der Waals surface area contributed by atoms with Crippen LogP contribution in [0.2, 0.25) is 0 Å². The van der Waals surface area contributed by atoms with Crippen molar-refractivity contribution < 1.29 is 13.9 Å². The Labute approximate surface area is 226 Å². The Morgan fingerprint density at radius 3 is 2.41 bits per heavy atom. The van der Waals surface area contributed by atoms with Crippen LogP contribution < -0.4 is 15.4 Å². The minimum atomic E-state index is -0.385. The Kier molecular flexibility index (Phi) is 7.78. The van der Waals surface area contributed by atoms with Crippen molar-refractivity contribution in [2.75, 3.05) is 43.2 Å². The van der Waals surface area contributed by atoms with Crippen molar-refractivity contribution in [1.29, 1.82) is 10.5 Å². The van der Waals surface area contributed by atoms with Gasteiger partial charge in [-0.1, -0.05) is 0 Å². The minimum Gasteiger partial charge on any atom is -0.376 e. The van der Waals surface area contributed by atoms with Gasteiger partial charge < -0.3 is 23.8 Å². The minimum absolute atomic E-state index is 0.0274. The van der Waals surface area contributed by atoms with Crippen molar-refractivity contribution in [3.63, 3.8) is 0 Å². The lowest BCUT2D eigenvalue weighted by Crippen LogP contribution is -2.48. The molecule has 0 bridgehead atoms. The average molecular weight is 531 g/mol. The normalized spacial score (nSPS) is 21.2. The second-order valence-electron chi connectivity index (χ2n) is 10.1. The predicted octanol–water partition coefficient (Wildman–Crippen LogP) is 3.49. The third-order valence-corrected chi connectivity index (χ3v) is 7.89. The molecule has 0 spiro atoms. The van der Waals surface area contributed by atoms with Gasteiger partial charge in [0, 0.05) is 38.4 Å². The van der Waals surface area contributed by atoms with E-state index in [4.69, 9.17) is 9.47 Å². The molecule has 1 saturated carbocycles. The Hall–Kier alpha value is -3.99. The zero-order valence-electron chi connectivity index (χ0n) is 22.1.